The number of fused-ring (bicyclic) bond motifs is 1. The minimum Gasteiger partial charge on any atom is -0.494 e. The highest BCUT2D eigenvalue weighted by atomic mass is 35.5. The number of hydrogen-bond donors (Lipinski definition) is 2. The van der Waals surface area contributed by atoms with E-state index in [0.29, 0.717) is 49.9 Å². The average Bonchev–Trinajstić information content (AvgIpc) is 3.19. The number of nitrogens with one attached hydrogen (secondary N) is 1. The molecule has 1 fully saturated rings. The number of aromatic nitrogens is 5. The van der Waals surface area contributed by atoms with Crippen LogP contribution in [-0.2, 0) is 0 Å². The zero-order valence-electron chi connectivity index (χ0n) is 18.4. The molecule has 0 saturated heterocycles. The standard InChI is InChI=1S/C23H21ClN6O3S/c1-11-3-14(15-6-19(24)26-9-18(15)33-2)16(7-25-11)21(32)30-23-29-20-22(34-23)28-17(8-27-20)13-4-12(5-13)10-31/h3,6-9,12-13,31H,4-5,10H2,1-2H3,(H,27,29,30,32). The van der Waals surface area contributed by atoms with Gasteiger partial charge < -0.3 is 9.84 Å². The van der Waals surface area contributed by atoms with Crippen molar-refractivity contribution < 1.29 is 14.6 Å². The number of carbonyl (C=O) groups is 1. The Balaban J connectivity index is 1.43. The summed E-state index contributed by atoms with van der Waals surface area (Å²) < 4.78 is 5.43. The molecule has 0 radical (unpaired) electrons. The van der Waals surface area contributed by atoms with Crippen molar-refractivity contribution in [2.24, 2.45) is 5.92 Å². The molecule has 1 amide bonds. The summed E-state index contributed by atoms with van der Waals surface area (Å²) in [6.45, 7) is 2.05. The summed E-state index contributed by atoms with van der Waals surface area (Å²) in [4.78, 5) is 35.8. The topological polar surface area (TPSA) is 123 Å². The van der Waals surface area contributed by atoms with Crippen molar-refractivity contribution in [1.82, 2.24) is 24.9 Å². The number of anilines is 1. The first-order valence-electron chi connectivity index (χ1n) is 10.7. The van der Waals surface area contributed by atoms with Crippen LogP contribution >= 0.6 is 22.9 Å². The summed E-state index contributed by atoms with van der Waals surface area (Å²) in [5.41, 5.74) is 3.71. The van der Waals surface area contributed by atoms with Crippen molar-refractivity contribution in [1.29, 1.82) is 0 Å². The zero-order chi connectivity index (χ0) is 23.8. The molecular formula is C23H21ClN6O3S. The Labute approximate surface area is 204 Å². The van der Waals surface area contributed by atoms with Gasteiger partial charge in [0, 0.05) is 35.5 Å². The smallest absolute Gasteiger partial charge is 0.259 e. The number of carbonyl (C=O) groups excluding carboxylic acids is 1. The lowest BCUT2D eigenvalue weighted by atomic mass is 9.74. The van der Waals surface area contributed by atoms with E-state index < -0.39 is 0 Å². The van der Waals surface area contributed by atoms with Crippen LogP contribution in [0.4, 0.5) is 5.13 Å². The summed E-state index contributed by atoms with van der Waals surface area (Å²) in [5.74, 6) is 0.758. The second-order valence-electron chi connectivity index (χ2n) is 8.19. The minimum atomic E-state index is -0.374. The highest BCUT2D eigenvalue weighted by Gasteiger charge is 2.31. The van der Waals surface area contributed by atoms with Crippen LogP contribution < -0.4 is 10.1 Å². The van der Waals surface area contributed by atoms with Gasteiger partial charge in [-0.3, -0.25) is 15.1 Å². The number of ether oxygens (including phenoxy) is 1. The van der Waals surface area contributed by atoms with Gasteiger partial charge in [-0.05, 0) is 37.8 Å². The third-order valence-electron chi connectivity index (χ3n) is 5.90. The number of aliphatic hydroxyl groups is 1. The van der Waals surface area contributed by atoms with Crippen LogP contribution in [-0.4, -0.2) is 49.7 Å². The first-order chi connectivity index (χ1) is 16.4. The molecule has 4 aromatic heterocycles. The predicted molar refractivity (Wildman–Crippen MR) is 129 cm³/mol. The highest BCUT2D eigenvalue weighted by Crippen LogP contribution is 2.41. The van der Waals surface area contributed by atoms with Crippen LogP contribution in [0.15, 0.2) is 30.7 Å². The van der Waals surface area contributed by atoms with Gasteiger partial charge in [-0.2, -0.15) is 4.98 Å². The molecule has 4 aromatic rings. The number of aryl methyl sites for hydroxylation is 1. The molecule has 11 heteroatoms. The summed E-state index contributed by atoms with van der Waals surface area (Å²) >= 11 is 7.38. The van der Waals surface area contributed by atoms with E-state index in [-0.39, 0.29) is 17.7 Å². The number of aliphatic hydroxyl groups excluding tert-OH is 1. The van der Waals surface area contributed by atoms with Gasteiger partial charge in [0.05, 0.1) is 30.8 Å². The lowest BCUT2D eigenvalue weighted by Gasteiger charge is -2.33. The molecular weight excluding hydrogens is 476 g/mol. The van der Waals surface area contributed by atoms with Crippen molar-refractivity contribution in [2.45, 2.75) is 25.7 Å². The lowest BCUT2D eigenvalue weighted by Crippen LogP contribution is -2.25. The molecule has 0 aliphatic heterocycles. The molecule has 1 aliphatic carbocycles. The number of hydrogen-bond acceptors (Lipinski definition) is 9. The molecule has 34 heavy (non-hydrogen) atoms. The van der Waals surface area contributed by atoms with Crippen LogP contribution in [0.5, 0.6) is 5.75 Å². The zero-order valence-corrected chi connectivity index (χ0v) is 20.0. The Kier molecular flexibility index (Phi) is 6.11. The minimum absolute atomic E-state index is 0.205. The second kappa shape index (κ2) is 9.21. The van der Waals surface area contributed by atoms with Crippen LogP contribution in [0.1, 0.15) is 40.5 Å². The van der Waals surface area contributed by atoms with Gasteiger partial charge in [-0.25, -0.2) is 15.0 Å². The lowest BCUT2D eigenvalue weighted by molar-refractivity contribution is 0.102. The predicted octanol–water partition coefficient (Wildman–Crippen LogP) is 4.25. The van der Waals surface area contributed by atoms with Gasteiger partial charge in [-0.15, -0.1) is 0 Å². The number of methoxy groups -OCH3 is 1. The number of halogens is 1. The summed E-state index contributed by atoms with van der Waals surface area (Å²) in [6.07, 6.45) is 6.58. The van der Waals surface area contributed by atoms with E-state index in [9.17, 15) is 9.90 Å². The van der Waals surface area contributed by atoms with Gasteiger partial charge in [0.25, 0.3) is 5.91 Å². The number of amides is 1. The average molecular weight is 497 g/mol. The van der Waals surface area contributed by atoms with Gasteiger partial charge in [0.1, 0.15) is 10.9 Å². The van der Waals surface area contributed by atoms with Crippen LogP contribution in [0.25, 0.3) is 21.6 Å². The summed E-state index contributed by atoms with van der Waals surface area (Å²) in [7, 11) is 1.53. The van der Waals surface area contributed by atoms with Crippen molar-refractivity contribution in [3.05, 3.63) is 52.8 Å². The van der Waals surface area contributed by atoms with Crippen molar-refractivity contribution >= 4 is 44.5 Å². The van der Waals surface area contributed by atoms with E-state index in [1.807, 2.05) is 6.92 Å². The Morgan fingerprint density at radius 3 is 2.76 bits per heavy atom. The molecule has 5 rings (SSSR count). The number of thiazole rings is 1. The molecule has 0 aromatic carbocycles. The van der Waals surface area contributed by atoms with Gasteiger partial charge in [0.2, 0.25) is 0 Å². The molecule has 4 heterocycles. The monoisotopic (exact) mass is 496 g/mol. The fourth-order valence-corrected chi connectivity index (χ4v) is 4.99. The quantitative estimate of drug-likeness (QED) is 0.380. The summed E-state index contributed by atoms with van der Waals surface area (Å²) in [6, 6.07) is 3.45. The third kappa shape index (κ3) is 4.31. The fraction of sp³-hybridized carbons (Fsp3) is 0.304. The first kappa shape index (κ1) is 22.6. The SMILES string of the molecule is COc1cnc(Cl)cc1-c1cc(C)ncc1C(=O)Nc1nc2ncc(C3CC(CO)C3)nc2s1. The van der Waals surface area contributed by atoms with E-state index in [2.05, 4.69) is 30.2 Å². The number of rotatable bonds is 6. The van der Waals surface area contributed by atoms with Crippen LogP contribution in [0.2, 0.25) is 5.15 Å². The van der Waals surface area contributed by atoms with Gasteiger partial charge in [0.15, 0.2) is 15.6 Å². The summed E-state index contributed by atoms with van der Waals surface area (Å²) in [5, 5.41) is 12.8. The molecule has 0 unspecified atom stereocenters. The van der Waals surface area contributed by atoms with Crippen LogP contribution in [0.3, 0.4) is 0 Å². The Bertz CT molecular complexity index is 1390. The van der Waals surface area contributed by atoms with E-state index in [0.717, 1.165) is 24.2 Å². The maximum absolute atomic E-state index is 13.2. The second-order valence-corrected chi connectivity index (χ2v) is 9.56. The Morgan fingerprint density at radius 1 is 1.18 bits per heavy atom. The largest absolute Gasteiger partial charge is 0.494 e. The van der Waals surface area contributed by atoms with Crippen molar-refractivity contribution in [3.63, 3.8) is 0 Å². The van der Waals surface area contributed by atoms with Gasteiger partial charge >= 0.3 is 0 Å². The molecule has 0 spiro atoms. The highest BCUT2D eigenvalue weighted by molar-refractivity contribution is 7.21. The third-order valence-corrected chi connectivity index (χ3v) is 6.96. The molecule has 1 aliphatic rings. The normalized spacial score (nSPS) is 17.4. The molecule has 2 N–H and O–H groups in total. The molecule has 9 nitrogen and oxygen atoms in total. The van der Waals surface area contributed by atoms with Crippen molar-refractivity contribution in [3.8, 4) is 16.9 Å². The Morgan fingerprint density at radius 2 is 2.00 bits per heavy atom. The first-order valence-corrected chi connectivity index (χ1v) is 11.9. The van der Waals surface area contributed by atoms with Gasteiger partial charge in [-0.1, -0.05) is 22.9 Å². The van der Waals surface area contributed by atoms with E-state index in [1.54, 1.807) is 18.3 Å². The molecule has 0 bridgehead atoms. The van der Waals surface area contributed by atoms with E-state index in [4.69, 9.17) is 16.3 Å². The maximum atomic E-state index is 13.2. The number of pyridine rings is 2. The Hall–Kier alpha value is -3.21. The van der Waals surface area contributed by atoms with E-state index in [1.165, 1.54) is 30.8 Å². The van der Waals surface area contributed by atoms with E-state index >= 15 is 0 Å². The fourth-order valence-electron chi connectivity index (χ4n) is 4.03. The molecule has 0 atom stereocenters. The number of nitrogens with zero attached hydrogens (tertiary/aromatic N) is 5. The molecule has 1 saturated carbocycles. The maximum Gasteiger partial charge on any atom is 0.259 e. The van der Waals surface area contributed by atoms with Crippen molar-refractivity contribution in [2.75, 3.05) is 19.0 Å². The van der Waals surface area contributed by atoms with Crippen LogP contribution in [0, 0.1) is 12.8 Å². The molecule has 174 valence electrons.